The molecule has 4 nitrogen and oxygen atoms in total. The Bertz CT molecular complexity index is 690. The van der Waals surface area contributed by atoms with E-state index in [2.05, 4.69) is 0 Å². The number of ether oxygens (including phenoxy) is 1. The minimum Gasteiger partial charge on any atom is -0.508 e. The first-order valence-electron chi connectivity index (χ1n) is 7.61. The van der Waals surface area contributed by atoms with Crippen molar-refractivity contribution < 1.29 is 19.0 Å². The molecule has 1 heterocycles. The van der Waals surface area contributed by atoms with Gasteiger partial charge in [0.1, 0.15) is 18.2 Å². The lowest BCUT2D eigenvalue weighted by atomic mass is 10.0. The second kappa shape index (κ2) is 6.69. The number of phenols is 1. The van der Waals surface area contributed by atoms with E-state index in [9.17, 15) is 14.3 Å². The molecule has 1 aliphatic rings. The summed E-state index contributed by atoms with van der Waals surface area (Å²) in [7, 11) is 0. The maximum atomic E-state index is 13.5. The lowest BCUT2D eigenvalue weighted by Gasteiger charge is -2.25. The number of likely N-dealkylation sites (tertiary alicyclic amines) is 1. The van der Waals surface area contributed by atoms with Crippen LogP contribution in [-0.2, 0) is 11.3 Å². The van der Waals surface area contributed by atoms with Gasteiger partial charge in [0, 0.05) is 12.1 Å². The van der Waals surface area contributed by atoms with Crippen LogP contribution in [0, 0.1) is 5.82 Å². The Morgan fingerprint density at radius 1 is 1.26 bits per heavy atom. The standard InChI is InChI=1S/C18H18FNO3/c19-14-8-9-17(21)15(11-14)16-7-4-10-20(16)18(22)23-12-13-5-2-1-3-6-13/h1-3,5-6,8-9,11,16,21H,4,7,10,12H2/t16-/m1/s1. The number of hydrogen-bond donors (Lipinski definition) is 1. The Morgan fingerprint density at radius 3 is 2.83 bits per heavy atom. The zero-order chi connectivity index (χ0) is 16.2. The van der Waals surface area contributed by atoms with Gasteiger partial charge in [-0.25, -0.2) is 9.18 Å². The van der Waals surface area contributed by atoms with Crippen LogP contribution >= 0.6 is 0 Å². The molecule has 1 amide bonds. The fraction of sp³-hybridized carbons (Fsp3) is 0.278. The quantitative estimate of drug-likeness (QED) is 0.931. The molecule has 0 aliphatic carbocycles. The summed E-state index contributed by atoms with van der Waals surface area (Å²) in [6, 6.07) is 12.9. The molecule has 1 fully saturated rings. The van der Waals surface area contributed by atoms with Crippen molar-refractivity contribution in [2.24, 2.45) is 0 Å². The number of rotatable bonds is 3. The van der Waals surface area contributed by atoms with Crippen LogP contribution < -0.4 is 0 Å². The van der Waals surface area contributed by atoms with Gasteiger partial charge in [-0.15, -0.1) is 0 Å². The molecule has 120 valence electrons. The average Bonchev–Trinajstić information content (AvgIpc) is 3.05. The van der Waals surface area contributed by atoms with Crippen molar-refractivity contribution in [2.45, 2.75) is 25.5 Å². The third-order valence-electron chi connectivity index (χ3n) is 4.04. The maximum Gasteiger partial charge on any atom is 0.410 e. The van der Waals surface area contributed by atoms with Crippen molar-refractivity contribution in [3.63, 3.8) is 0 Å². The molecule has 0 radical (unpaired) electrons. The predicted molar refractivity (Wildman–Crippen MR) is 83.4 cm³/mol. The molecular weight excluding hydrogens is 297 g/mol. The highest BCUT2D eigenvalue weighted by atomic mass is 19.1. The van der Waals surface area contributed by atoms with Crippen molar-refractivity contribution in [1.29, 1.82) is 0 Å². The fourth-order valence-corrected chi connectivity index (χ4v) is 2.90. The smallest absolute Gasteiger partial charge is 0.410 e. The third kappa shape index (κ3) is 3.44. The first-order chi connectivity index (χ1) is 11.1. The number of carbonyl (C=O) groups is 1. The van der Waals surface area contributed by atoms with Gasteiger partial charge in [0.2, 0.25) is 0 Å². The van der Waals surface area contributed by atoms with Crippen molar-refractivity contribution in [1.82, 2.24) is 4.90 Å². The number of phenolic OH excluding ortho intramolecular Hbond substituents is 1. The molecule has 1 aliphatic heterocycles. The SMILES string of the molecule is O=C(OCc1ccccc1)N1CCC[C@@H]1c1cc(F)ccc1O. The Morgan fingerprint density at radius 2 is 2.04 bits per heavy atom. The average molecular weight is 315 g/mol. The number of halogens is 1. The molecule has 1 saturated heterocycles. The second-order valence-corrected chi connectivity index (χ2v) is 5.59. The van der Waals surface area contributed by atoms with Crippen LogP contribution in [0.1, 0.15) is 30.0 Å². The summed E-state index contributed by atoms with van der Waals surface area (Å²) in [6.45, 7) is 0.728. The summed E-state index contributed by atoms with van der Waals surface area (Å²) in [4.78, 5) is 13.9. The Hall–Kier alpha value is -2.56. The Labute approximate surface area is 134 Å². The topological polar surface area (TPSA) is 49.8 Å². The van der Waals surface area contributed by atoms with E-state index in [0.717, 1.165) is 12.0 Å². The van der Waals surface area contributed by atoms with Gasteiger partial charge in [-0.05, 0) is 36.6 Å². The molecule has 1 N–H and O–H groups in total. The molecule has 0 spiro atoms. The zero-order valence-corrected chi connectivity index (χ0v) is 12.6. The number of amides is 1. The third-order valence-corrected chi connectivity index (χ3v) is 4.04. The highest BCUT2D eigenvalue weighted by molar-refractivity contribution is 5.69. The maximum absolute atomic E-state index is 13.5. The van der Waals surface area contributed by atoms with Crippen LogP contribution in [0.3, 0.4) is 0 Å². The van der Waals surface area contributed by atoms with E-state index in [1.54, 1.807) is 4.90 Å². The summed E-state index contributed by atoms with van der Waals surface area (Å²) >= 11 is 0. The zero-order valence-electron chi connectivity index (χ0n) is 12.6. The van der Waals surface area contributed by atoms with E-state index in [-0.39, 0.29) is 18.4 Å². The Balaban J connectivity index is 1.71. The lowest BCUT2D eigenvalue weighted by Crippen LogP contribution is -2.31. The second-order valence-electron chi connectivity index (χ2n) is 5.59. The first-order valence-corrected chi connectivity index (χ1v) is 7.61. The molecule has 23 heavy (non-hydrogen) atoms. The van der Waals surface area contributed by atoms with E-state index < -0.39 is 11.9 Å². The predicted octanol–water partition coefficient (Wildman–Crippen LogP) is 4.01. The summed E-state index contributed by atoms with van der Waals surface area (Å²) in [6.07, 6.45) is 1.03. The van der Waals surface area contributed by atoms with Crippen LogP contribution in [0.15, 0.2) is 48.5 Å². The normalized spacial score (nSPS) is 17.3. The number of aromatic hydroxyl groups is 1. The lowest BCUT2D eigenvalue weighted by molar-refractivity contribution is 0.0917. The van der Waals surface area contributed by atoms with Gasteiger partial charge in [0.25, 0.3) is 0 Å². The largest absolute Gasteiger partial charge is 0.508 e. The minimum atomic E-state index is -0.444. The molecule has 0 saturated carbocycles. The molecule has 1 atom stereocenters. The van der Waals surface area contributed by atoms with Crippen molar-refractivity contribution >= 4 is 6.09 Å². The highest BCUT2D eigenvalue weighted by Crippen LogP contribution is 2.37. The van der Waals surface area contributed by atoms with E-state index in [4.69, 9.17) is 4.74 Å². The van der Waals surface area contributed by atoms with Crippen LogP contribution in [0.5, 0.6) is 5.75 Å². The van der Waals surface area contributed by atoms with Gasteiger partial charge in [-0.3, -0.25) is 0 Å². The summed E-state index contributed by atoms with van der Waals surface area (Å²) < 4.78 is 18.8. The monoisotopic (exact) mass is 315 g/mol. The molecule has 0 unspecified atom stereocenters. The molecule has 0 aromatic heterocycles. The van der Waals surface area contributed by atoms with E-state index in [1.165, 1.54) is 18.2 Å². The fourth-order valence-electron chi connectivity index (χ4n) is 2.90. The molecular formula is C18H18FNO3. The van der Waals surface area contributed by atoms with Gasteiger partial charge >= 0.3 is 6.09 Å². The summed E-state index contributed by atoms with van der Waals surface area (Å²) in [5.74, 6) is -0.429. The molecule has 2 aromatic carbocycles. The molecule has 5 heteroatoms. The number of hydrogen-bond acceptors (Lipinski definition) is 3. The summed E-state index contributed by atoms with van der Waals surface area (Å²) in [5, 5.41) is 9.96. The van der Waals surface area contributed by atoms with Gasteiger partial charge in [0.05, 0.1) is 6.04 Å². The first kappa shape index (κ1) is 15.3. The summed E-state index contributed by atoms with van der Waals surface area (Å²) in [5.41, 5.74) is 1.34. The van der Waals surface area contributed by atoms with Crippen LogP contribution in [0.4, 0.5) is 9.18 Å². The number of benzene rings is 2. The molecule has 2 aromatic rings. The minimum absolute atomic E-state index is 0.000778. The van der Waals surface area contributed by atoms with Gasteiger partial charge < -0.3 is 14.7 Å². The molecule has 3 rings (SSSR count). The van der Waals surface area contributed by atoms with Gasteiger partial charge in [-0.1, -0.05) is 30.3 Å². The Kier molecular flexibility index (Phi) is 4.46. The van der Waals surface area contributed by atoms with Crippen LogP contribution in [0.25, 0.3) is 0 Å². The van der Waals surface area contributed by atoms with Crippen molar-refractivity contribution in [3.8, 4) is 5.75 Å². The van der Waals surface area contributed by atoms with E-state index in [0.29, 0.717) is 18.5 Å². The molecule has 0 bridgehead atoms. The highest BCUT2D eigenvalue weighted by Gasteiger charge is 2.32. The van der Waals surface area contributed by atoms with Crippen molar-refractivity contribution in [3.05, 3.63) is 65.5 Å². The van der Waals surface area contributed by atoms with Crippen molar-refractivity contribution in [2.75, 3.05) is 6.54 Å². The van der Waals surface area contributed by atoms with Crippen LogP contribution in [0.2, 0.25) is 0 Å². The van der Waals surface area contributed by atoms with Gasteiger partial charge in [0.15, 0.2) is 0 Å². The number of nitrogens with zero attached hydrogens (tertiary/aromatic N) is 1. The van der Waals surface area contributed by atoms with E-state index >= 15 is 0 Å². The number of carbonyl (C=O) groups excluding carboxylic acids is 1. The van der Waals surface area contributed by atoms with Gasteiger partial charge in [-0.2, -0.15) is 0 Å². The van der Waals surface area contributed by atoms with Crippen LogP contribution in [-0.4, -0.2) is 22.6 Å². The van der Waals surface area contributed by atoms with E-state index in [1.807, 2.05) is 30.3 Å².